The second kappa shape index (κ2) is 4.45. The molecule has 1 aromatic carbocycles. The molecule has 0 aromatic heterocycles. The van der Waals surface area contributed by atoms with Gasteiger partial charge in [0, 0.05) is 18.8 Å². The first-order chi connectivity index (χ1) is 6.93. The van der Waals surface area contributed by atoms with Gasteiger partial charge in [0.05, 0.1) is 6.04 Å². The first kappa shape index (κ1) is 10.8. The van der Waals surface area contributed by atoms with E-state index >= 15 is 0 Å². The van der Waals surface area contributed by atoms with E-state index in [4.69, 9.17) is 4.99 Å². The Morgan fingerprint density at radius 3 is 2.80 bits per heavy atom. The maximum Gasteiger partial charge on any atom is 0.160 e. The predicted octanol–water partition coefficient (Wildman–Crippen LogP) is 2.57. The van der Waals surface area contributed by atoms with Crippen molar-refractivity contribution in [3.8, 4) is 0 Å². The maximum atomic E-state index is 4.73. The molecule has 0 bridgehead atoms. The third-order valence-corrected chi connectivity index (χ3v) is 3.72. The first-order valence-corrected chi connectivity index (χ1v) is 5.92. The van der Waals surface area contributed by atoms with Gasteiger partial charge in [-0.25, -0.2) is 0 Å². The summed E-state index contributed by atoms with van der Waals surface area (Å²) in [5.41, 5.74) is 1.34. The zero-order chi connectivity index (χ0) is 9.38. The van der Waals surface area contributed by atoms with Crippen LogP contribution in [0.2, 0.25) is 0 Å². The number of thioether (sulfide) groups is 1. The Hall–Kier alpha value is -0.670. The molecule has 80 valence electrons. The lowest BCUT2D eigenvalue weighted by atomic mass is 10.1. The second-order valence-electron chi connectivity index (χ2n) is 3.63. The molecule has 1 unspecified atom stereocenters. The quantitative estimate of drug-likeness (QED) is 0.750. The van der Waals surface area contributed by atoms with Crippen molar-refractivity contribution in [1.82, 2.24) is 4.90 Å². The minimum atomic E-state index is 0. The van der Waals surface area contributed by atoms with Crippen molar-refractivity contribution in [3.05, 3.63) is 35.9 Å². The van der Waals surface area contributed by atoms with Crippen LogP contribution in [-0.2, 0) is 0 Å². The molecular formula is C11H13ClN2S. The van der Waals surface area contributed by atoms with Crippen molar-refractivity contribution in [1.29, 1.82) is 0 Å². The van der Waals surface area contributed by atoms with E-state index < -0.39 is 0 Å². The molecule has 0 saturated carbocycles. The van der Waals surface area contributed by atoms with Crippen molar-refractivity contribution >= 4 is 29.3 Å². The molecule has 1 fully saturated rings. The number of hydrogen-bond acceptors (Lipinski definition) is 3. The number of nitrogens with zero attached hydrogens (tertiary/aromatic N) is 2. The van der Waals surface area contributed by atoms with E-state index in [1.807, 2.05) is 11.8 Å². The van der Waals surface area contributed by atoms with Gasteiger partial charge >= 0.3 is 0 Å². The average molecular weight is 241 g/mol. The molecule has 2 heterocycles. The van der Waals surface area contributed by atoms with Gasteiger partial charge in [0.2, 0.25) is 0 Å². The van der Waals surface area contributed by atoms with Gasteiger partial charge in [0.15, 0.2) is 5.17 Å². The highest BCUT2D eigenvalue weighted by Crippen LogP contribution is 2.31. The summed E-state index contributed by atoms with van der Waals surface area (Å²) < 4.78 is 0. The second-order valence-corrected chi connectivity index (χ2v) is 4.69. The van der Waals surface area contributed by atoms with E-state index in [0.29, 0.717) is 6.04 Å². The van der Waals surface area contributed by atoms with Gasteiger partial charge in [-0.3, -0.25) is 4.99 Å². The van der Waals surface area contributed by atoms with Gasteiger partial charge < -0.3 is 4.90 Å². The molecule has 2 nitrogen and oxygen atoms in total. The lowest BCUT2D eigenvalue weighted by molar-refractivity contribution is 0.464. The Morgan fingerprint density at radius 2 is 2.07 bits per heavy atom. The van der Waals surface area contributed by atoms with Crippen molar-refractivity contribution in [2.24, 2.45) is 4.99 Å². The van der Waals surface area contributed by atoms with Crippen LogP contribution in [0.3, 0.4) is 0 Å². The fourth-order valence-electron chi connectivity index (χ4n) is 1.96. The van der Waals surface area contributed by atoms with E-state index in [1.165, 1.54) is 23.0 Å². The third-order valence-electron chi connectivity index (χ3n) is 2.71. The number of aliphatic imine (C=N–C) groups is 1. The number of amidine groups is 1. The first-order valence-electron chi connectivity index (χ1n) is 4.94. The highest BCUT2D eigenvalue weighted by Gasteiger charge is 2.29. The smallest absolute Gasteiger partial charge is 0.160 e. The van der Waals surface area contributed by atoms with Crippen LogP contribution in [-0.4, -0.2) is 28.9 Å². The fraction of sp³-hybridized carbons (Fsp3) is 0.364. The van der Waals surface area contributed by atoms with Crippen LogP contribution in [0, 0.1) is 0 Å². The van der Waals surface area contributed by atoms with E-state index in [9.17, 15) is 0 Å². The third kappa shape index (κ3) is 1.99. The van der Waals surface area contributed by atoms with Gasteiger partial charge in [-0.15, -0.1) is 12.4 Å². The van der Waals surface area contributed by atoms with Gasteiger partial charge in [-0.1, -0.05) is 42.1 Å². The molecule has 0 amide bonds. The molecular weight excluding hydrogens is 228 g/mol. The molecule has 1 atom stereocenters. The summed E-state index contributed by atoms with van der Waals surface area (Å²) >= 11 is 1.89. The van der Waals surface area contributed by atoms with Gasteiger partial charge in [-0.2, -0.15) is 0 Å². The highest BCUT2D eigenvalue weighted by molar-refractivity contribution is 8.14. The SMILES string of the molecule is Cl.c1ccc(C2CN3CCSC3=N2)cc1. The van der Waals surface area contributed by atoms with Gasteiger partial charge in [-0.05, 0) is 5.56 Å². The number of hydrogen-bond donors (Lipinski definition) is 0. The molecule has 0 N–H and O–H groups in total. The summed E-state index contributed by atoms with van der Waals surface area (Å²) in [5.74, 6) is 1.21. The van der Waals surface area contributed by atoms with Crippen molar-refractivity contribution in [2.45, 2.75) is 6.04 Å². The Balaban J connectivity index is 0.000000853. The van der Waals surface area contributed by atoms with E-state index in [1.54, 1.807) is 0 Å². The van der Waals surface area contributed by atoms with Crippen LogP contribution in [0.1, 0.15) is 11.6 Å². The Labute approximate surface area is 100 Å². The van der Waals surface area contributed by atoms with Crippen LogP contribution in [0.25, 0.3) is 0 Å². The van der Waals surface area contributed by atoms with Crippen molar-refractivity contribution in [3.63, 3.8) is 0 Å². The summed E-state index contributed by atoms with van der Waals surface area (Å²) in [6.07, 6.45) is 0. The Morgan fingerprint density at radius 1 is 1.27 bits per heavy atom. The van der Waals surface area contributed by atoms with Crippen molar-refractivity contribution in [2.75, 3.05) is 18.8 Å². The molecule has 4 heteroatoms. The zero-order valence-electron chi connectivity index (χ0n) is 8.30. The molecule has 1 aromatic rings. The van der Waals surface area contributed by atoms with Gasteiger partial charge in [0.25, 0.3) is 0 Å². The molecule has 15 heavy (non-hydrogen) atoms. The molecule has 0 spiro atoms. The van der Waals surface area contributed by atoms with E-state index in [-0.39, 0.29) is 12.4 Å². The lowest BCUT2D eigenvalue weighted by Gasteiger charge is -2.12. The molecule has 2 aliphatic heterocycles. The number of fused-ring (bicyclic) bond motifs is 1. The summed E-state index contributed by atoms with van der Waals surface area (Å²) in [7, 11) is 0. The topological polar surface area (TPSA) is 15.6 Å². The lowest BCUT2D eigenvalue weighted by Crippen LogP contribution is -2.21. The standard InChI is InChI=1S/C11H12N2S.ClH/c1-2-4-9(5-3-1)10-8-13-6-7-14-11(13)12-10;/h1-5,10H,6-8H2;1H. The predicted molar refractivity (Wildman–Crippen MR) is 67.9 cm³/mol. The van der Waals surface area contributed by atoms with Crippen LogP contribution in [0.5, 0.6) is 0 Å². The van der Waals surface area contributed by atoms with Crippen LogP contribution in [0.15, 0.2) is 35.3 Å². The largest absolute Gasteiger partial charge is 0.348 e. The number of rotatable bonds is 1. The highest BCUT2D eigenvalue weighted by atomic mass is 35.5. The average Bonchev–Trinajstić information content (AvgIpc) is 2.78. The maximum absolute atomic E-state index is 4.73. The molecule has 2 aliphatic rings. The van der Waals surface area contributed by atoms with Crippen LogP contribution >= 0.6 is 24.2 Å². The van der Waals surface area contributed by atoms with Crippen LogP contribution < -0.4 is 0 Å². The summed E-state index contributed by atoms with van der Waals surface area (Å²) in [5, 5.41) is 1.25. The van der Waals surface area contributed by atoms with Gasteiger partial charge in [0.1, 0.15) is 0 Å². The normalized spacial score (nSPS) is 23.3. The minimum Gasteiger partial charge on any atom is -0.348 e. The van der Waals surface area contributed by atoms with Crippen LogP contribution in [0.4, 0.5) is 0 Å². The zero-order valence-corrected chi connectivity index (χ0v) is 9.93. The Kier molecular flexibility index (Phi) is 3.22. The summed E-state index contributed by atoms with van der Waals surface area (Å²) in [4.78, 5) is 7.12. The number of halogens is 1. The summed E-state index contributed by atoms with van der Waals surface area (Å²) in [6, 6.07) is 10.9. The molecule has 3 rings (SSSR count). The fourth-order valence-corrected chi connectivity index (χ4v) is 3.00. The molecule has 0 aliphatic carbocycles. The van der Waals surface area contributed by atoms with E-state index in [0.717, 1.165) is 6.54 Å². The molecule has 1 saturated heterocycles. The number of benzene rings is 1. The monoisotopic (exact) mass is 240 g/mol. The molecule has 0 radical (unpaired) electrons. The minimum absolute atomic E-state index is 0. The Bertz CT molecular complexity index is 366. The van der Waals surface area contributed by atoms with Crippen molar-refractivity contribution < 1.29 is 0 Å². The van der Waals surface area contributed by atoms with E-state index in [2.05, 4.69) is 35.2 Å². The summed E-state index contributed by atoms with van der Waals surface area (Å²) in [6.45, 7) is 2.25.